The molecule has 0 aromatic heterocycles. The second-order valence-corrected chi connectivity index (χ2v) is 23.8. The maximum atomic E-state index is 12.9. The Balaban J connectivity index is 4.19. The molecular formula is C75H134O6. The largest absolute Gasteiger partial charge is 0.462 e. The minimum absolute atomic E-state index is 0.0822. The molecule has 0 saturated heterocycles. The van der Waals surface area contributed by atoms with Crippen LogP contribution in [0, 0.1) is 0 Å². The van der Waals surface area contributed by atoms with Crippen molar-refractivity contribution in [3.63, 3.8) is 0 Å². The van der Waals surface area contributed by atoms with Crippen LogP contribution < -0.4 is 0 Å². The zero-order chi connectivity index (χ0) is 58.5. The highest BCUT2D eigenvalue weighted by Gasteiger charge is 2.19. The first kappa shape index (κ1) is 77.9. The molecule has 0 amide bonds. The zero-order valence-corrected chi connectivity index (χ0v) is 54.1. The number of esters is 3. The maximum absolute atomic E-state index is 12.9. The van der Waals surface area contributed by atoms with Gasteiger partial charge < -0.3 is 14.2 Å². The summed E-state index contributed by atoms with van der Waals surface area (Å²) in [7, 11) is 0. The number of ether oxygens (including phenoxy) is 3. The molecule has 81 heavy (non-hydrogen) atoms. The van der Waals surface area contributed by atoms with E-state index < -0.39 is 6.10 Å². The number of allylic oxidation sites excluding steroid dienone is 12. The van der Waals surface area contributed by atoms with Crippen LogP contribution in [-0.4, -0.2) is 37.2 Å². The van der Waals surface area contributed by atoms with Crippen LogP contribution >= 0.6 is 0 Å². The number of carbonyl (C=O) groups is 3. The van der Waals surface area contributed by atoms with Gasteiger partial charge >= 0.3 is 17.9 Å². The zero-order valence-electron chi connectivity index (χ0n) is 54.1. The molecule has 6 nitrogen and oxygen atoms in total. The highest BCUT2D eigenvalue weighted by Crippen LogP contribution is 2.18. The number of unbranched alkanes of at least 4 members (excludes halogenated alkanes) is 42. The Morgan fingerprint density at radius 2 is 0.481 bits per heavy atom. The summed E-state index contributed by atoms with van der Waals surface area (Å²) in [6.45, 7) is 6.53. The van der Waals surface area contributed by atoms with Crippen LogP contribution in [0.15, 0.2) is 72.9 Å². The molecule has 0 aliphatic carbocycles. The Kier molecular flexibility index (Phi) is 66.6. The van der Waals surface area contributed by atoms with Gasteiger partial charge in [0, 0.05) is 19.3 Å². The summed E-state index contributed by atoms with van der Waals surface area (Å²) >= 11 is 0. The Morgan fingerprint density at radius 1 is 0.259 bits per heavy atom. The third-order valence-electron chi connectivity index (χ3n) is 15.7. The van der Waals surface area contributed by atoms with Crippen LogP contribution in [0.25, 0.3) is 0 Å². The SMILES string of the molecule is CC/C=C\C/C=C\C/C=C\CCCCCC(=O)OCC(COC(=O)CCCCCCCCCCCCCCCCCCCCC/C=C\C/C=C\CCCCCCC)OC(=O)CCCCCCCCCCC/C=C\CCCCCCCC. The summed E-state index contributed by atoms with van der Waals surface area (Å²) in [5, 5.41) is 0. The van der Waals surface area contributed by atoms with Gasteiger partial charge in [0.15, 0.2) is 6.10 Å². The Bertz CT molecular complexity index is 1490. The van der Waals surface area contributed by atoms with E-state index in [-0.39, 0.29) is 31.1 Å². The molecule has 0 rings (SSSR count). The lowest BCUT2D eigenvalue weighted by molar-refractivity contribution is -0.167. The Hall–Kier alpha value is -3.15. The lowest BCUT2D eigenvalue weighted by atomic mass is 10.0. The fourth-order valence-electron chi connectivity index (χ4n) is 10.4. The van der Waals surface area contributed by atoms with E-state index in [1.807, 2.05) is 0 Å². The molecule has 470 valence electrons. The monoisotopic (exact) mass is 1130 g/mol. The Labute approximate surface area is 503 Å². The molecule has 0 aromatic rings. The maximum Gasteiger partial charge on any atom is 0.306 e. The van der Waals surface area contributed by atoms with Gasteiger partial charge in [-0.25, -0.2) is 0 Å². The van der Waals surface area contributed by atoms with Crippen molar-refractivity contribution < 1.29 is 28.6 Å². The van der Waals surface area contributed by atoms with Crippen LogP contribution in [0.3, 0.4) is 0 Å². The fraction of sp³-hybridized carbons (Fsp3) is 0.800. The normalized spacial score (nSPS) is 12.5. The standard InChI is InChI=1S/C75H134O6/c1-4-7-10-13-16-19-22-25-27-29-31-32-33-34-35-36-37-38-39-40-41-42-44-45-47-50-53-56-59-62-65-68-74(77)80-71-72(70-79-73(76)67-64-61-58-55-52-49-24-21-18-15-12-9-6-3)81-75(78)69-66-63-60-57-54-51-48-46-43-30-28-26-23-20-17-14-11-8-5-2/h9,12,18,21-22,25-26,28-29,31,49,52,72H,4-8,10-11,13-17,19-20,23-24,27,30,32-48,50-51,53-71H2,1-3H3/b12-9-,21-18-,25-22-,28-26-,31-29-,52-49-. The third kappa shape index (κ3) is 67.5. The van der Waals surface area contributed by atoms with E-state index in [2.05, 4.69) is 93.7 Å². The fourth-order valence-corrected chi connectivity index (χ4v) is 10.4. The predicted molar refractivity (Wildman–Crippen MR) is 353 cm³/mol. The summed E-state index contributed by atoms with van der Waals surface area (Å²) in [6.07, 6.45) is 90.9. The molecule has 1 atom stereocenters. The first-order valence-corrected chi connectivity index (χ1v) is 35.4. The van der Waals surface area contributed by atoms with Gasteiger partial charge in [-0.15, -0.1) is 0 Å². The van der Waals surface area contributed by atoms with Gasteiger partial charge in [-0.3, -0.25) is 14.4 Å². The Morgan fingerprint density at radius 3 is 0.778 bits per heavy atom. The number of rotatable bonds is 65. The van der Waals surface area contributed by atoms with Crippen molar-refractivity contribution >= 4 is 17.9 Å². The molecule has 0 N–H and O–H groups in total. The molecule has 0 aliphatic heterocycles. The molecule has 0 spiro atoms. The molecule has 0 fully saturated rings. The molecule has 0 bridgehead atoms. The van der Waals surface area contributed by atoms with Crippen LogP contribution in [0.4, 0.5) is 0 Å². The third-order valence-corrected chi connectivity index (χ3v) is 15.7. The van der Waals surface area contributed by atoms with Gasteiger partial charge in [0.1, 0.15) is 13.2 Å². The van der Waals surface area contributed by atoms with E-state index in [1.165, 1.54) is 238 Å². The van der Waals surface area contributed by atoms with Gasteiger partial charge in [0.25, 0.3) is 0 Å². The van der Waals surface area contributed by atoms with E-state index in [1.54, 1.807) is 0 Å². The minimum Gasteiger partial charge on any atom is -0.462 e. The van der Waals surface area contributed by atoms with Crippen molar-refractivity contribution in [1.29, 1.82) is 0 Å². The van der Waals surface area contributed by atoms with Crippen molar-refractivity contribution in [1.82, 2.24) is 0 Å². The van der Waals surface area contributed by atoms with E-state index in [0.717, 1.165) is 89.9 Å². The topological polar surface area (TPSA) is 78.9 Å². The van der Waals surface area contributed by atoms with Crippen LogP contribution in [0.2, 0.25) is 0 Å². The summed E-state index contributed by atoms with van der Waals surface area (Å²) < 4.78 is 16.9. The lowest BCUT2D eigenvalue weighted by Gasteiger charge is -2.18. The second-order valence-electron chi connectivity index (χ2n) is 23.8. The van der Waals surface area contributed by atoms with Gasteiger partial charge in [0.05, 0.1) is 0 Å². The summed E-state index contributed by atoms with van der Waals surface area (Å²) in [6, 6.07) is 0. The van der Waals surface area contributed by atoms with Crippen LogP contribution in [-0.2, 0) is 28.6 Å². The first-order chi connectivity index (χ1) is 40.0. The predicted octanol–water partition coefficient (Wildman–Crippen LogP) is 24.4. The molecule has 0 radical (unpaired) electrons. The van der Waals surface area contributed by atoms with E-state index in [0.29, 0.717) is 19.3 Å². The molecule has 1 unspecified atom stereocenters. The quantitative estimate of drug-likeness (QED) is 0.0261. The van der Waals surface area contributed by atoms with Gasteiger partial charge in [-0.05, 0) is 109 Å². The van der Waals surface area contributed by atoms with Gasteiger partial charge in [0.2, 0.25) is 0 Å². The number of hydrogen-bond acceptors (Lipinski definition) is 6. The average molecular weight is 1130 g/mol. The minimum atomic E-state index is -0.788. The molecule has 0 heterocycles. The lowest BCUT2D eigenvalue weighted by Crippen LogP contribution is -2.30. The van der Waals surface area contributed by atoms with E-state index >= 15 is 0 Å². The van der Waals surface area contributed by atoms with Crippen molar-refractivity contribution in [3.05, 3.63) is 72.9 Å². The highest BCUT2D eigenvalue weighted by atomic mass is 16.6. The summed E-state index contributed by atoms with van der Waals surface area (Å²) in [5.41, 5.74) is 0. The number of carbonyl (C=O) groups excluding carboxylic acids is 3. The summed E-state index contributed by atoms with van der Waals surface area (Å²) in [4.78, 5) is 38.4. The highest BCUT2D eigenvalue weighted by molar-refractivity contribution is 5.71. The van der Waals surface area contributed by atoms with E-state index in [4.69, 9.17) is 14.2 Å². The molecule has 0 aromatic carbocycles. The van der Waals surface area contributed by atoms with Crippen molar-refractivity contribution in [2.24, 2.45) is 0 Å². The van der Waals surface area contributed by atoms with E-state index in [9.17, 15) is 14.4 Å². The molecule has 0 aliphatic rings. The molecule has 0 saturated carbocycles. The molecule has 6 heteroatoms. The van der Waals surface area contributed by atoms with Crippen LogP contribution in [0.1, 0.15) is 367 Å². The summed E-state index contributed by atoms with van der Waals surface area (Å²) in [5.74, 6) is -0.896. The molecular weight excluding hydrogens is 997 g/mol. The van der Waals surface area contributed by atoms with Gasteiger partial charge in [-0.2, -0.15) is 0 Å². The second kappa shape index (κ2) is 69.3. The number of hydrogen-bond donors (Lipinski definition) is 0. The van der Waals surface area contributed by atoms with Crippen LogP contribution in [0.5, 0.6) is 0 Å². The van der Waals surface area contributed by atoms with Crippen molar-refractivity contribution in [2.45, 2.75) is 374 Å². The smallest absolute Gasteiger partial charge is 0.306 e. The van der Waals surface area contributed by atoms with Crippen molar-refractivity contribution in [3.8, 4) is 0 Å². The van der Waals surface area contributed by atoms with Gasteiger partial charge in [-0.1, -0.05) is 312 Å². The average Bonchev–Trinajstić information content (AvgIpc) is 3.46. The first-order valence-electron chi connectivity index (χ1n) is 35.4. The van der Waals surface area contributed by atoms with Crippen molar-refractivity contribution in [2.75, 3.05) is 13.2 Å².